The lowest BCUT2D eigenvalue weighted by molar-refractivity contribution is -0.142. The van der Waals surface area contributed by atoms with Crippen LogP contribution in [0.4, 0.5) is 4.39 Å². The lowest BCUT2D eigenvalue weighted by Gasteiger charge is -2.29. The van der Waals surface area contributed by atoms with Crippen LogP contribution in [0.5, 0.6) is 5.75 Å². The number of carboxylic acids is 1. The molecule has 0 amide bonds. The normalized spacial score (nSPS) is 17.4. The first-order valence-corrected chi connectivity index (χ1v) is 8.45. The first-order valence-electron chi connectivity index (χ1n) is 7.01. The molecule has 1 heterocycles. The number of halogens is 1. The van der Waals surface area contributed by atoms with Gasteiger partial charge in [0.2, 0.25) is 10.0 Å². The van der Waals surface area contributed by atoms with Crippen LogP contribution in [0.15, 0.2) is 23.1 Å². The summed E-state index contributed by atoms with van der Waals surface area (Å²) in [7, 11) is -3.78. The Balaban J connectivity index is 2.21. The first kappa shape index (κ1) is 16.7. The number of hydrogen-bond acceptors (Lipinski definition) is 4. The molecule has 0 aliphatic carbocycles. The third kappa shape index (κ3) is 3.38. The van der Waals surface area contributed by atoms with Crippen molar-refractivity contribution < 1.29 is 27.4 Å². The minimum Gasteiger partial charge on any atom is -0.491 e. The second-order valence-corrected chi connectivity index (χ2v) is 6.98. The molecule has 1 fully saturated rings. The van der Waals surface area contributed by atoms with E-state index in [1.807, 2.05) is 0 Å². The SMILES string of the molecule is CCOc1cc(S(=O)(=O)N2CCC(C(=O)O)CC2)ccc1F. The summed E-state index contributed by atoms with van der Waals surface area (Å²) in [6.07, 6.45) is 0.544. The number of carboxylic acid groups (broad SMARTS) is 1. The molecule has 0 spiro atoms. The third-order valence-electron chi connectivity index (χ3n) is 3.64. The van der Waals surface area contributed by atoms with Crippen molar-refractivity contribution in [2.24, 2.45) is 5.92 Å². The maximum absolute atomic E-state index is 13.5. The Morgan fingerprint density at radius 3 is 2.59 bits per heavy atom. The van der Waals surface area contributed by atoms with Crippen molar-refractivity contribution >= 4 is 16.0 Å². The van der Waals surface area contributed by atoms with Gasteiger partial charge in [-0.1, -0.05) is 0 Å². The number of sulfonamides is 1. The Morgan fingerprint density at radius 1 is 1.41 bits per heavy atom. The molecule has 0 unspecified atom stereocenters. The van der Waals surface area contributed by atoms with Gasteiger partial charge in [-0.15, -0.1) is 0 Å². The van der Waals surface area contributed by atoms with Crippen molar-refractivity contribution in [2.45, 2.75) is 24.7 Å². The molecular weight excluding hydrogens is 313 g/mol. The van der Waals surface area contributed by atoms with Gasteiger partial charge in [0.15, 0.2) is 11.6 Å². The molecule has 0 bridgehead atoms. The molecule has 122 valence electrons. The zero-order valence-electron chi connectivity index (χ0n) is 12.2. The molecule has 1 aliphatic heterocycles. The molecule has 0 radical (unpaired) electrons. The fourth-order valence-corrected chi connectivity index (χ4v) is 3.89. The number of aliphatic carboxylic acids is 1. The van der Waals surface area contributed by atoms with E-state index in [1.165, 1.54) is 10.4 Å². The van der Waals surface area contributed by atoms with Gasteiger partial charge in [-0.3, -0.25) is 4.79 Å². The van der Waals surface area contributed by atoms with Crippen molar-refractivity contribution in [3.8, 4) is 5.75 Å². The number of carbonyl (C=O) groups is 1. The third-order valence-corrected chi connectivity index (χ3v) is 5.54. The number of benzene rings is 1. The highest BCUT2D eigenvalue weighted by Crippen LogP contribution is 2.27. The van der Waals surface area contributed by atoms with Crippen LogP contribution in [-0.4, -0.2) is 43.5 Å². The van der Waals surface area contributed by atoms with E-state index < -0.39 is 27.7 Å². The molecule has 6 nitrogen and oxygen atoms in total. The van der Waals surface area contributed by atoms with Crippen LogP contribution in [0.1, 0.15) is 19.8 Å². The second-order valence-electron chi connectivity index (χ2n) is 5.04. The first-order chi connectivity index (χ1) is 10.4. The highest BCUT2D eigenvalue weighted by molar-refractivity contribution is 7.89. The van der Waals surface area contributed by atoms with Crippen LogP contribution < -0.4 is 4.74 Å². The maximum Gasteiger partial charge on any atom is 0.306 e. The van der Waals surface area contributed by atoms with Crippen LogP contribution >= 0.6 is 0 Å². The Labute approximate surface area is 128 Å². The van der Waals surface area contributed by atoms with Crippen molar-refractivity contribution in [3.05, 3.63) is 24.0 Å². The van der Waals surface area contributed by atoms with Gasteiger partial charge in [0.05, 0.1) is 17.4 Å². The smallest absolute Gasteiger partial charge is 0.306 e. The molecule has 1 saturated heterocycles. The predicted molar refractivity (Wildman–Crippen MR) is 76.7 cm³/mol. The summed E-state index contributed by atoms with van der Waals surface area (Å²) in [5.41, 5.74) is 0. The molecule has 0 saturated carbocycles. The number of ether oxygens (including phenoxy) is 1. The average molecular weight is 331 g/mol. The Morgan fingerprint density at radius 2 is 2.05 bits per heavy atom. The van der Waals surface area contributed by atoms with E-state index in [1.54, 1.807) is 6.92 Å². The molecule has 1 aliphatic rings. The number of nitrogens with zero attached hydrogens (tertiary/aromatic N) is 1. The quantitative estimate of drug-likeness (QED) is 0.888. The summed E-state index contributed by atoms with van der Waals surface area (Å²) in [4.78, 5) is 10.9. The van der Waals surface area contributed by atoms with Crippen LogP contribution in [0.3, 0.4) is 0 Å². The van der Waals surface area contributed by atoms with Crippen molar-refractivity contribution in [1.82, 2.24) is 4.31 Å². The van der Waals surface area contributed by atoms with Crippen molar-refractivity contribution in [2.75, 3.05) is 19.7 Å². The zero-order valence-corrected chi connectivity index (χ0v) is 13.0. The summed E-state index contributed by atoms with van der Waals surface area (Å²) in [5.74, 6) is -2.15. The summed E-state index contributed by atoms with van der Waals surface area (Å²) in [6.45, 7) is 2.18. The van der Waals surface area contributed by atoms with E-state index in [0.717, 1.165) is 12.1 Å². The van der Waals surface area contributed by atoms with Gasteiger partial charge in [0, 0.05) is 19.2 Å². The van der Waals surface area contributed by atoms with Gasteiger partial charge in [-0.2, -0.15) is 4.31 Å². The van der Waals surface area contributed by atoms with E-state index in [4.69, 9.17) is 9.84 Å². The van der Waals surface area contributed by atoms with Gasteiger partial charge in [-0.25, -0.2) is 12.8 Å². The Hall–Kier alpha value is -1.67. The summed E-state index contributed by atoms with van der Waals surface area (Å²) < 4.78 is 44.9. The fourth-order valence-electron chi connectivity index (χ4n) is 2.40. The molecule has 1 N–H and O–H groups in total. The average Bonchev–Trinajstić information content (AvgIpc) is 2.49. The van der Waals surface area contributed by atoms with Gasteiger partial charge >= 0.3 is 5.97 Å². The molecular formula is C14H18FNO5S. The van der Waals surface area contributed by atoms with E-state index in [0.29, 0.717) is 0 Å². The Kier molecular flexibility index (Phi) is 5.02. The fraction of sp³-hybridized carbons (Fsp3) is 0.500. The molecule has 2 rings (SSSR count). The molecule has 0 atom stereocenters. The summed E-state index contributed by atoms with van der Waals surface area (Å²) in [6, 6.07) is 3.41. The van der Waals surface area contributed by atoms with E-state index >= 15 is 0 Å². The minimum absolute atomic E-state index is 0.0499. The lowest BCUT2D eigenvalue weighted by Crippen LogP contribution is -2.40. The topological polar surface area (TPSA) is 83.9 Å². The number of piperidine rings is 1. The minimum atomic E-state index is -3.78. The Bertz CT molecular complexity index is 653. The second kappa shape index (κ2) is 6.62. The lowest BCUT2D eigenvalue weighted by atomic mass is 9.99. The largest absolute Gasteiger partial charge is 0.491 e. The summed E-state index contributed by atoms with van der Waals surface area (Å²) >= 11 is 0. The summed E-state index contributed by atoms with van der Waals surface area (Å²) in [5, 5.41) is 8.94. The van der Waals surface area contributed by atoms with Crippen LogP contribution in [0.2, 0.25) is 0 Å². The van der Waals surface area contributed by atoms with Crippen LogP contribution in [0.25, 0.3) is 0 Å². The van der Waals surface area contributed by atoms with Crippen molar-refractivity contribution in [1.29, 1.82) is 0 Å². The zero-order chi connectivity index (χ0) is 16.3. The molecule has 1 aromatic carbocycles. The highest BCUT2D eigenvalue weighted by Gasteiger charge is 2.32. The molecule has 1 aromatic rings. The molecule has 22 heavy (non-hydrogen) atoms. The van der Waals surface area contributed by atoms with E-state index in [9.17, 15) is 17.6 Å². The van der Waals surface area contributed by atoms with Gasteiger partial charge < -0.3 is 9.84 Å². The highest BCUT2D eigenvalue weighted by atomic mass is 32.2. The van der Waals surface area contributed by atoms with Gasteiger partial charge in [-0.05, 0) is 31.9 Å². The molecule has 0 aromatic heterocycles. The monoisotopic (exact) mass is 331 g/mol. The number of hydrogen-bond donors (Lipinski definition) is 1. The standard InChI is InChI=1S/C14H18FNO5S/c1-2-21-13-9-11(3-4-12(13)15)22(19,20)16-7-5-10(6-8-16)14(17)18/h3-4,9-10H,2,5-8H2,1H3,(H,17,18). The van der Waals surface area contributed by atoms with Crippen molar-refractivity contribution in [3.63, 3.8) is 0 Å². The van der Waals surface area contributed by atoms with E-state index in [2.05, 4.69) is 0 Å². The van der Waals surface area contributed by atoms with Crippen LogP contribution in [-0.2, 0) is 14.8 Å². The number of rotatable bonds is 5. The van der Waals surface area contributed by atoms with E-state index in [-0.39, 0.29) is 43.2 Å². The van der Waals surface area contributed by atoms with Gasteiger partial charge in [0.25, 0.3) is 0 Å². The van der Waals surface area contributed by atoms with Gasteiger partial charge in [0.1, 0.15) is 0 Å². The predicted octanol–water partition coefficient (Wildman–Crippen LogP) is 1.71. The molecule has 8 heteroatoms. The van der Waals surface area contributed by atoms with Crippen LogP contribution in [0, 0.1) is 11.7 Å². The maximum atomic E-state index is 13.5.